The van der Waals surface area contributed by atoms with Gasteiger partial charge in [-0.15, -0.1) is 0 Å². The van der Waals surface area contributed by atoms with E-state index in [2.05, 4.69) is 19.0 Å². The van der Waals surface area contributed by atoms with Crippen LogP contribution in [0.25, 0.3) is 0 Å². The third-order valence-corrected chi connectivity index (χ3v) is 2.17. The number of rotatable bonds is 5. The van der Waals surface area contributed by atoms with Gasteiger partial charge in [-0.05, 0) is 45.1 Å². The van der Waals surface area contributed by atoms with Crippen molar-refractivity contribution in [2.45, 2.75) is 13.3 Å². The minimum atomic E-state index is 0.714. The van der Waals surface area contributed by atoms with Crippen LogP contribution in [0.15, 0.2) is 18.2 Å². The Morgan fingerprint density at radius 2 is 2.07 bits per heavy atom. The van der Waals surface area contributed by atoms with E-state index in [-0.39, 0.29) is 0 Å². The van der Waals surface area contributed by atoms with E-state index in [1.807, 2.05) is 25.1 Å². The summed E-state index contributed by atoms with van der Waals surface area (Å²) in [6, 6.07) is 5.87. The molecule has 1 aromatic rings. The third-order valence-electron chi connectivity index (χ3n) is 2.17. The van der Waals surface area contributed by atoms with Crippen LogP contribution in [0.5, 0.6) is 5.75 Å². The second-order valence-electron chi connectivity index (χ2n) is 4.05. The van der Waals surface area contributed by atoms with Gasteiger partial charge in [0.05, 0.1) is 12.3 Å². The van der Waals surface area contributed by atoms with Gasteiger partial charge in [0, 0.05) is 6.54 Å². The van der Waals surface area contributed by atoms with E-state index in [1.54, 1.807) is 0 Å². The average molecular weight is 208 g/mol. The van der Waals surface area contributed by atoms with Crippen molar-refractivity contribution >= 4 is 5.69 Å². The molecular weight excluding hydrogens is 188 g/mol. The van der Waals surface area contributed by atoms with Gasteiger partial charge in [-0.2, -0.15) is 0 Å². The van der Waals surface area contributed by atoms with Gasteiger partial charge in [0.1, 0.15) is 5.75 Å². The van der Waals surface area contributed by atoms with Crippen LogP contribution in [0, 0.1) is 6.92 Å². The molecule has 1 aromatic carbocycles. The topological polar surface area (TPSA) is 38.5 Å². The Morgan fingerprint density at radius 1 is 1.33 bits per heavy atom. The van der Waals surface area contributed by atoms with E-state index in [4.69, 9.17) is 10.5 Å². The molecular formula is C12H20N2O. The molecule has 0 fully saturated rings. The van der Waals surface area contributed by atoms with Crippen LogP contribution in [0.4, 0.5) is 5.69 Å². The lowest BCUT2D eigenvalue weighted by Crippen LogP contribution is -2.15. The van der Waals surface area contributed by atoms with E-state index in [9.17, 15) is 0 Å². The lowest BCUT2D eigenvalue weighted by atomic mass is 10.2. The molecule has 0 atom stereocenters. The average Bonchev–Trinajstić information content (AvgIpc) is 2.14. The van der Waals surface area contributed by atoms with Crippen molar-refractivity contribution in [3.05, 3.63) is 23.8 Å². The molecule has 0 unspecified atom stereocenters. The molecule has 0 spiro atoms. The fraction of sp³-hybridized carbons (Fsp3) is 0.500. The molecule has 0 aliphatic rings. The first-order valence-electron chi connectivity index (χ1n) is 5.23. The second-order valence-corrected chi connectivity index (χ2v) is 4.05. The highest BCUT2D eigenvalue weighted by molar-refractivity contribution is 5.53. The molecule has 0 saturated carbocycles. The molecule has 0 amide bonds. The second kappa shape index (κ2) is 5.61. The number of aryl methyl sites for hydroxylation is 1. The summed E-state index contributed by atoms with van der Waals surface area (Å²) in [5.41, 5.74) is 7.71. The lowest BCUT2D eigenvalue weighted by molar-refractivity contribution is 0.283. The molecule has 2 N–H and O–H groups in total. The van der Waals surface area contributed by atoms with Gasteiger partial charge in [-0.25, -0.2) is 0 Å². The van der Waals surface area contributed by atoms with E-state index in [1.165, 1.54) is 0 Å². The fourth-order valence-electron chi connectivity index (χ4n) is 1.36. The fourth-order valence-corrected chi connectivity index (χ4v) is 1.36. The summed E-state index contributed by atoms with van der Waals surface area (Å²) in [6.07, 6.45) is 1.01. The first-order chi connectivity index (χ1) is 7.09. The third kappa shape index (κ3) is 4.21. The molecule has 1 rings (SSSR count). The van der Waals surface area contributed by atoms with Gasteiger partial charge in [-0.3, -0.25) is 0 Å². The van der Waals surface area contributed by atoms with Crippen LogP contribution in [-0.2, 0) is 0 Å². The van der Waals surface area contributed by atoms with Crippen LogP contribution in [-0.4, -0.2) is 32.1 Å². The van der Waals surface area contributed by atoms with E-state index in [0.717, 1.165) is 30.0 Å². The van der Waals surface area contributed by atoms with Gasteiger partial charge >= 0.3 is 0 Å². The zero-order chi connectivity index (χ0) is 11.3. The van der Waals surface area contributed by atoms with Crippen molar-refractivity contribution in [3.8, 4) is 5.75 Å². The van der Waals surface area contributed by atoms with Crippen LogP contribution in [0.2, 0.25) is 0 Å². The SMILES string of the molecule is Cc1ccc(OCCCN(C)C)c(N)c1. The Morgan fingerprint density at radius 3 is 2.67 bits per heavy atom. The van der Waals surface area contributed by atoms with E-state index >= 15 is 0 Å². The van der Waals surface area contributed by atoms with Crippen molar-refractivity contribution < 1.29 is 4.74 Å². The monoisotopic (exact) mass is 208 g/mol. The summed E-state index contributed by atoms with van der Waals surface area (Å²) in [5.74, 6) is 0.791. The minimum absolute atomic E-state index is 0.714. The van der Waals surface area contributed by atoms with Crippen LogP contribution in [0.1, 0.15) is 12.0 Å². The highest BCUT2D eigenvalue weighted by Crippen LogP contribution is 2.21. The Bertz CT molecular complexity index is 310. The highest BCUT2D eigenvalue weighted by atomic mass is 16.5. The number of anilines is 1. The zero-order valence-corrected chi connectivity index (χ0v) is 9.79. The van der Waals surface area contributed by atoms with Crippen LogP contribution in [0.3, 0.4) is 0 Å². The maximum Gasteiger partial charge on any atom is 0.142 e. The molecule has 0 aromatic heterocycles. The number of hydrogen-bond donors (Lipinski definition) is 1. The maximum absolute atomic E-state index is 5.83. The Kier molecular flexibility index (Phi) is 4.43. The van der Waals surface area contributed by atoms with Crippen molar-refractivity contribution in [2.75, 3.05) is 33.0 Å². The number of nitrogens with two attached hydrogens (primary N) is 1. The number of ether oxygens (including phenoxy) is 1. The van der Waals surface area contributed by atoms with Crippen molar-refractivity contribution in [2.24, 2.45) is 0 Å². The number of nitrogens with zero attached hydrogens (tertiary/aromatic N) is 1. The Labute approximate surface area is 91.8 Å². The lowest BCUT2D eigenvalue weighted by Gasteiger charge is -2.11. The largest absolute Gasteiger partial charge is 0.491 e. The highest BCUT2D eigenvalue weighted by Gasteiger charge is 1.99. The van der Waals surface area contributed by atoms with Crippen molar-refractivity contribution in [1.82, 2.24) is 4.90 Å². The summed E-state index contributed by atoms with van der Waals surface area (Å²) in [7, 11) is 4.11. The van der Waals surface area contributed by atoms with E-state index < -0.39 is 0 Å². The molecule has 0 aliphatic carbocycles. The number of nitrogen functional groups attached to an aromatic ring is 1. The summed E-state index contributed by atoms with van der Waals surface area (Å²) >= 11 is 0. The summed E-state index contributed by atoms with van der Waals surface area (Å²) < 4.78 is 5.59. The van der Waals surface area contributed by atoms with Crippen LogP contribution >= 0.6 is 0 Å². The Balaban J connectivity index is 2.37. The normalized spacial score (nSPS) is 10.7. The molecule has 84 valence electrons. The maximum atomic E-state index is 5.83. The number of benzene rings is 1. The molecule has 15 heavy (non-hydrogen) atoms. The predicted octanol–water partition coefficient (Wildman–Crippen LogP) is 1.91. The van der Waals surface area contributed by atoms with Crippen LogP contribution < -0.4 is 10.5 Å². The zero-order valence-electron chi connectivity index (χ0n) is 9.79. The van der Waals surface area contributed by atoms with E-state index in [0.29, 0.717) is 6.61 Å². The van der Waals surface area contributed by atoms with Gasteiger partial charge < -0.3 is 15.4 Å². The first-order valence-corrected chi connectivity index (χ1v) is 5.23. The molecule has 3 nitrogen and oxygen atoms in total. The van der Waals surface area contributed by atoms with Crippen molar-refractivity contribution in [3.63, 3.8) is 0 Å². The minimum Gasteiger partial charge on any atom is -0.491 e. The quantitative estimate of drug-likeness (QED) is 0.593. The molecule has 0 saturated heterocycles. The Hall–Kier alpha value is -1.22. The molecule has 0 aliphatic heterocycles. The summed E-state index contributed by atoms with van der Waals surface area (Å²) in [4.78, 5) is 2.14. The molecule has 0 heterocycles. The van der Waals surface area contributed by atoms with Gasteiger partial charge in [0.25, 0.3) is 0 Å². The number of hydrogen-bond acceptors (Lipinski definition) is 3. The van der Waals surface area contributed by atoms with Gasteiger partial charge in [0.15, 0.2) is 0 Å². The molecule has 0 radical (unpaired) electrons. The van der Waals surface area contributed by atoms with Gasteiger partial charge in [-0.1, -0.05) is 6.07 Å². The molecule has 0 bridgehead atoms. The van der Waals surface area contributed by atoms with Crippen molar-refractivity contribution in [1.29, 1.82) is 0 Å². The smallest absolute Gasteiger partial charge is 0.142 e. The predicted molar refractivity (Wildman–Crippen MR) is 64.3 cm³/mol. The summed E-state index contributed by atoms with van der Waals surface area (Å²) in [5, 5.41) is 0. The van der Waals surface area contributed by atoms with Gasteiger partial charge in [0.2, 0.25) is 0 Å². The standard InChI is InChI=1S/C12H20N2O/c1-10-5-6-12(11(13)9-10)15-8-4-7-14(2)3/h5-6,9H,4,7-8,13H2,1-3H3. The molecule has 3 heteroatoms. The summed E-state index contributed by atoms with van der Waals surface area (Å²) in [6.45, 7) is 3.77. The first kappa shape index (κ1) is 11.9.